The number of aromatic nitrogens is 3. The van der Waals surface area contributed by atoms with Crippen LogP contribution in [-0.2, 0) is 0 Å². The summed E-state index contributed by atoms with van der Waals surface area (Å²) >= 11 is 7.52. The molecule has 1 amide bonds. The van der Waals surface area contributed by atoms with Crippen LogP contribution in [0.15, 0.2) is 35.7 Å². The molecule has 0 aliphatic rings. The monoisotopic (exact) mass is 346 g/mol. The Morgan fingerprint density at radius 3 is 2.61 bits per heavy atom. The van der Waals surface area contributed by atoms with E-state index in [-0.39, 0.29) is 5.91 Å². The van der Waals surface area contributed by atoms with Gasteiger partial charge in [0.05, 0.1) is 5.02 Å². The standard InChI is InChI=1S/C16H15ClN4OS/c1-9-8-23-14(12(9)17)16(22)19-13(11-6-4-3-5-7-11)15-18-10(2)20-21-15/h3-8,13H,1-2H3,(H,19,22)(H,18,20,21)/t13-/m1/s1. The van der Waals surface area contributed by atoms with E-state index in [2.05, 4.69) is 20.5 Å². The number of rotatable bonds is 4. The van der Waals surface area contributed by atoms with Crippen LogP contribution >= 0.6 is 22.9 Å². The van der Waals surface area contributed by atoms with Gasteiger partial charge in [-0.1, -0.05) is 41.9 Å². The van der Waals surface area contributed by atoms with Crippen molar-refractivity contribution in [2.24, 2.45) is 0 Å². The third-order valence-corrected chi connectivity index (χ3v) is 5.08. The number of hydrogen-bond donors (Lipinski definition) is 2. The average Bonchev–Trinajstić information content (AvgIpc) is 3.12. The highest BCUT2D eigenvalue weighted by molar-refractivity contribution is 7.13. The van der Waals surface area contributed by atoms with Crippen molar-refractivity contribution >= 4 is 28.8 Å². The number of benzene rings is 1. The second-order valence-corrected chi connectivity index (χ2v) is 6.42. The van der Waals surface area contributed by atoms with Gasteiger partial charge in [0.1, 0.15) is 16.7 Å². The fraction of sp³-hybridized carbons (Fsp3) is 0.188. The van der Waals surface area contributed by atoms with Crippen LogP contribution < -0.4 is 5.32 Å². The van der Waals surface area contributed by atoms with Gasteiger partial charge in [-0.25, -0.2) is 4.98 Å². The highest BCUT2D eigenvalue weighted by Gasteiger charge is 2.23. The summed E-state index contributed by atoms with van der Waals surface area (Å²) in [7, 11) is 0. The van der Waals surface area contributed by atoms with Crippen LogP contribution in [0.25, 0.3) is 0 Å². The van der Waals surface area contributed by atoms with Gasteiger partial charge < -0.3 is 5.32 Å². The topological polar surface area (TPSA) is 70.7 Å². The van der Waals surface area contributed by atoms with Gasteiger partial charge in [0.15, 0.2) is 5.82 Å². The largest absolute Gasteiger partial charge is 0.337 e. The van der Waals surface area contributed by atoms with Gasteiger partial charge in [-0.15, -0.1) is 11.3 Å². The molecule has 0 radical (unpaired) electrons. The number of carbonyl (C=O) groups is 1. The van der Waals surface area contributed by atoms with Crippen molar-refractivity contribution in [3.8, 4) is 0 Å². The Hall–Kier alpha value is -2.18. The summed E-state index contributed by atoms with van der Waals surface area (Å²) in [6.07, 6.45) is 0. The number of aryl methyl sites for hydroxylation is 2. The molecular weight excluding hydrogens is 332 g/mol. The lowest BCUT2D eigenvalue weighted by Gasteiger charge is -2.16. The van der Waals surface area contributed by atoms with Crippen LogP contribution in [0.1, 0.15) is 38.5 Å². The average molecular weight is 347 g/mol. The Bertz CT molecular complexity index is 828. The van der Waals surface area contributed by atoms with Crippen LogP contribution in [0.2, 0.25) is 5.02 Å². The molecular formula is C16H15ClN4OS. The van der Waals surface area contributed by atoms with E-state index in [9.17, 15) is 4.79 Å². The molecule has 2 aromatic heterocycles. The van der Waals surface area contributed by atoms with E-state index in [1.54, 1.807) is 0 Å². The van der Waals surface area contributed by atoms with Crippen molar-refractivity contribution in [1.82, 2.24) is 20.5 Å². The number of carbonyl (C=O) groups excluding carboxylic acids is 1. The molecule has 1 aromatic carbocycles. The van der Waals surface area contributed by atoms with Gasteiger partial charge in [-0.05, 0) is 30.4 Å². The zero-order chi connectivity index (χ0) is 16.4. The molecule has 0 unspecified atom stereocenters. The van der Waals surface area contributed by atoms with Gasteiger partial charge in [0.2, 0.25) is 0 Å². The van der Waals surface area contributed by atoms with E-state index in [4.69, 9.17) is 11.6 Å². The van der Waals surface area contributed by atoms with Gasteiger partial charge >= 0.3 is 0 Å². The van der Waals surface area contributed by atoms with Crippen LogP contribution in [0.4, 0.5) is 0 Å². The fourth-order valence-corrected chi connectivity index (χ4v) is 3.39. The van der Waals surface area contributed by atoms with Crippen LogP contribution in [0.5, 0.6) is 0 Å². The number of H-pyrrole nitrogens is 1. The summed E-state index contributed by atoms with van der Waals surface area (Å²) in [5, 5.41) is 12.3. The SMILES string of the molecule is Cc1nc([C@H](NC(=O)c2scc(C)c2Cl)c2ccccc2)n[nH]1. The summed E-state index contributed by atoms with van der Waals surface area (Å²) in [4.78, 5) is 17.4. The number of aromatic amines is 1. The molecule has 0 saturated heterocycles. The van der Waals surface area contributed by atoms with Crippen molar-refractivity contribution < 1.29 is 4.79 Å². The Morgan fingerprint density at radius 2 is 2.04 bits per heavy atom. The molecule has 0 aliphatic carbocycles. The van der Waals surface area contributed by atoms with Crippen molar-refractivity contribution in [1.29, 1.82) is 0 Å². The molecule has 3 rings (SSSR count). The molecule has 2 heterocycles. The molecule has 0 aliphatic heterocycles. The van der Waals surface area contributed by atoms with Crippen LogP contribution in [0.3, 0.4) is 0 Å². The first-order chi connectivity index (χ1) is 11.1. The third-order valence-electron chi connectivity index (χ3n) is 3.39. The smallest absolute Gasteiger partial charge is 0.263 e. The first-order valence-corrected chi connectivity index (χ1v) is 8.30. The number of thiophene rings is 1. The maximum Gasteiger partial charge on any atom is 0.263 e. The summed E-state index contributed by atoms with van der Waals surface area (Å²) in [6, 6.07) is 9.17. The Balaban J connectivity index is 1.93. The molecule has 2 N–H and O–H groups in total. The Kier molecular flexibility index (Phi) is 4.45. The second-order valence-electron chi connectivity index (χ2n) is 5.16. The quantitative estimate of drug-likeness (QED) is 0.757. The number of hydrogen-bond acceptors (Lipinski definition) is 4. The zero-order valence-electron chi connectivity index (χ0n) is 12.6. The molecule has 0 bridgehead atoms. The molecule has 0 fully saturated rings. The van der Waals surface area contributed by atoms with Crippen molar-refractivity contribution in [3.63, 3.8) is 0 Å². The first-order valence-electron chi connectivity index (χ1n) is 7.04. The maximum atomic E-state index is 12.6. The number of halogens is 1. The van der Waals surface area contributed by atoms with E-state index < -0.39 is 6.04 Å². The van der Waals surface area contributed by atoms with Gasteiger partial charge in [0, 0.05) is 0 Å². The third kappa shape index (κ3) is 3.28. The van der Waals surface area contributed by atoms with Gasteiger partial charge in [0.25, 0.3) is 5.91 Å². The molecule has 3 aromatic rings. The molecule has 1 atom stereocenters. The van der Waals surface area contributed by atoms with E-state index >= 15 is 0 Å². The highest BCUT2D eigenvalue weighted by Crippen LogP contribution is 2.28. The van der Waals surface area contributed by atoms with E-state index in [0.717, 1.165) is 11.1 Å². The lowest BCUT2D eigenvalue weighted by molar-refractivity contribution is 0.0945. The summed E-state index contributed by atoms with van der Waals surface area (Å²) < 4.78 is 0. The second kappa shape index (κ2) is 6.52. The van der Waals surface area contributed by atoms with Crippen molar-refractivity contribution in [2.75, 3.05) is 0 Å². The van der Waals surface area contributed by atoms with Crippen molar-refractivity contribution in [3.05, 3.63) is 68.4 Å². The maximum absolute atomic E-state index is 12.6. The fourth-order valence-electron chi connectivity index (χ4n) is 2.21. The predicted octanol–water partition coefficient (Wildman–Crippen LogP) is 3.66. The lowest BCUT2D eigenvalue weighted by Crippen LogP contribution is -2.29. The molecule has 7 heteroatoms. The van der Waals surface area contributed by atoms with Gasteiger partial charge in [-0.3, -0.25) is 9.89 Å². The van der Waals surface area contributed by atoms with Gasteiger partial charge in [-0.2, -0.15) is 5.10 Å². The minimum Gasteiger partial charge on any atom is -0.337 e. The normalized spacial score (nSPS) is 12.1. The summed E-state index contributed by atoms with van der Waals surface area (Å²) in [5.74, 6) is 0.982. The van der Waals surface area contributed by atoms with Crippen molar-refractivity contribution in [2.45, 2.75) is 19.9 Å². The summed E-state index contributed by atoms with van der Waals surface area (Å²) in [5.41, 5.74) is 1.80. The molecule has 23 heavy (non-hydrogen) atoms. The minimum atomic E-state index is -0.438. The molecule has 0 saturated carbocycles. The summed E-state index contributed by atoms with van der Waals surface area (Å²) in [6.45, 7) is 3.70. The minimum absolute atomic E-state index is 0.232. The molecule has 5 nitrogen and oxygen atoms in total. The molecule has 118 valence electrons. The van der Waals surface area contributed by atoms with Crippen LogP contribution in [0, 0.1) is 13.8 Å². The zero-order valence-corrected chi connectivity index (χ0v) is 14.2. The van der Waals surface area contributed by atoms with E-state index in [0.29, 0.717) is 21.5 Å². The highest BCUT2D eigenvalue weighted by atomic mass is 35.5. The number of nitrogens with zero attached hydrogens (tertiary/aromatic N) is 2. The predicted molar refractivity (Wildman–Crippen MR) is 90.9 cm³/mol. The lowest BCUT2D eigenvalue weighted by atomic mass is 10.1. The first kappa shape index (κ1) is 15.7. The molecule has 0 spiro atoms. The van der Waals surface area contributed by atoms with Crippen LogP contribution in [-0.4, -0.2) is 21.1 Å². The van der Waals surface area contributed by atoms with E-state index in [1.807, 2.05) is 49.6 Å². The Labute approximate surface area is 142 Å². The Morgan fingerprint density at radius 1 is 1.30 bits per heavy atom. The van der Waals surface area contributed by atoms with E-state index in [1.165, 1.54) is 11.3 Å². The number of amides is 1. The number of nitrogens with one attached hydrogen (secondary N) is 2.